The Morgan fingerprint density at radius 2 is 1.92 bits per heavy atom. The van der Waals surface area contributed by atoms with Gasteiger partial charge in [-0.25, -0.2) is 0 Å². The number of fused-ring (bicyclic) bond motifs is 1. The summed E-state index contributed by atoms with van der Waals surface area (Å²) in [5.41, 5.74) is 1.22. The molecule has 1 aromatic heterocycles. The Balaban J connectivity index is 2.89. The summed E-state index contributed by atoms with van der Waals surface area (Å²) in [4.78, 5) is 11.3. The number of hydrogen-bond donors (Lipinski definition) is 0. The minimum atomic E-state index is 0.0399. The van der Waals surface area contributed by atoms with Crippen LogP contribution in [0.25, 0.3) is 10.8 Å². The van der Waals surface area contributed by atoms with Gasteiger partial charge >= 0.3 is 0 Å². The van der Waals surface area contributed by atoms with E-state index in [-0.39, 0.29) is 5.56 Å². The van der Waals surface area contributed by atoms with Crippen molar-refractivity contribution in [2.45, 2.75) is 6.92 Å². The molecule has 66 valence electrons. The standard InChI is InChI=1S/C11H11NO/c1-8-3-4-9-7-12(2)11(13)6-10(9)5-8/h3-7H,1-2H3. The van der Waals surface area contributed by atoms with Crippen molar-refractivity contribution in [1.82, 2.24) is 4.57 Å². The second-order valence-corrected chi connectivity index (χ2v) is 3.35. The van der Waals surface area contributed by atoms with E-state index in [0.717, 1.165) is 10.8 Å². The van der Waals surface area contributed by atoms with Gasteiger partial charge in [0.15, 0.2) is 0 Å². The molecule has 0 N–H and O–H groups in total. The van der Waals surface area contributed by atoms with Gasteiger partial charge in [0.25, 0.3) is 5.56 Å². The second-order valence-electron chi connectivity index (χ2n) is 3.35. The lowest BCUT2D eigenvalue weighted by molar-refractivity contribution is 0.870. The predicted molar refractivity (Wildman–Crippen MR) is 53.9 cm³/mol. The van der Waals surface area contributed by atoms with Gasteiger partial charge in [-0.3, -0.25) is 4.79 Å². The molecule has 0 unspecified atom stereocenters. The zero-order valence-corrected chi connectivity index (χ0v) is 7.74. The van der Waals surface area contributed by atoms with Crippen molar-refractivity contribution < 1.29 is 0 Å². The lowest BCUT2D eigenvalue weighted by Crippen LogP contribution is -2.13. The van der Waals surface area contributed by atoms with Gasteiger partial charge in [0.05, 0.1) is 0 Å². The van der Waals surface area contributed by atoms with Crippen LogP contribution in [-0.4, -0.2) is 4.57 Å². The van der Waals surface area contributed by atoms with E-state index in [0.29, 0.717) is 0 Å². The molecule has 0 radical (unpaired) electrons. The first-order valence-corrected chi connectivity index (χ1v) is 4.24. The van der Waals surface area contributed by atoms with E-state index in [4.69, 9.17) is 0 Å². The van der Waals surface area contributed by atoms with Crippen LogP contribution in [0, 0.1) is 6.92 Å². The fourth-order valence-electron chi connectivity index (χ4n) is 1.44. The van der Waals surface area contributed by atoms with Gasteiger partial charge in [-0.05, 0) is 17.7 Å². The molecule has 0 bridgehead atoms. The van der Waals surface area contributed by atoms with Gasteiger partial charge in [-0.1, -0.05) is 23.8 Å². The molecule has 2 heteroatoms. The summed E-state index contributed by atoms with van der Waals surface area (Å²) in [5, 5.41) is 2.12. The SMILES string of the molecule is Cc1ccc2cn(C)c(=O)cc2c1. The van der Waals surface area contributed by atoms with E-state index in [2.05, 4.69) is 0 Å². The van der Waals surface area contributed by atoms with E-state index < -0.39 is 0 Å². The highest BCUT2D eigenvalue weighted by atomic mass is 16.1. The van der Waals surface area contributed by atoms with Crippen LogP contribution in [0.1, 0.15) is 5.56 Å². The third kappa shape index (κ3) is 1.35. The number of rotatable bonds is 0. The number of aryl methyl sites for hydroxylation is 2. The summed E-state index contributed by atoms with van der Waals surface area (Å²) in [6, 6.07) is 7.77. The number of pyridine rings is 1. The van der Waals surface area contributed by atoms with E-state index in [1.165, 1.54) is 5.56 Å². The summed E-state index contributed by atoms with van der Waals surface area (Å²) in [6.07, 6.45) is 1.86. The Bertz CT molecular complexity index is 511. The van der Waals surface area contributed by atoms with E-state index in [1.54, 1.807) is 17.7 Å². The minimum absolute atomic E-state index is 0.0399. The topological polar surface area (TPSA) is 22.0 Å². The molecule has 2 nitrogen and oxygen atoms in total. The second kappa shape index (κ2) is 2.73. The molecule has 0 atom stereocenters. The normalized spacial score (nSPS) is 10.6. The Kier molecular flexibility index (Phi) is 1.69. The van der Waals surface area contributed by atoms with Crippen molar-refractivity contribution in [1.29, 1.82) is 0 Å². The lowest BCUT2D eigenvalue weighted by atomic mass is 10.1. The smallest absolute Gasteiger partial charge is 0.250 e. The molecule has 13 heavy (non-hydrogen) atoms. The predicted octanol–water partition coefficient (Wildman–Crippen LogP) is 1.85. The van der Waals surface area contributed by atoms with E-state index in [1.807, 2.05) is 31.3 Å². The number of benzene rings is 1. The first-order chi connectivity index (χ1) is 6.16. The monoisotopic (exact) mass is 173 g/mol. The van der Waals surface area contributed by atoms with Crippen molar-refractivity contribution in [3.63, 3.8) is 0 Å². The summed E-state index contributed by atoms with van der Waals surface area (Å²) in [7, 11) is 1.77. The number of aromatic nitrogens is 1. The van der Waals surface area contributed by atoms with Crippen LogP contribution in [0.4, 0.5) is 0 Å². The van der Waals surface area contributed by atoms with Gasteiger partial charge in [0.1, 0.15) is 0 Å². The molecular formula is C11H11NO. The van der Waals surface area contributed by atoms with Gasteiger partial charge in [0, 0.05) is 19.3 Å². The van der Waals surface area contributed by atoms with Crippen molar-refractivity contribution in [2.24, 2.45) is 7.05 Å². The highest BCUT2D eigenvalue weighted by Gasteiger charge is 1.96. The zero-order valence-electron chi connectivity index (χ0n) is 7.74. The molecule has 0 aliphatic carbocycles. The van der Waals surface area contributed by atoms with Crippen LogP contribution in [0.5, 0.6) is 0 Å². The van der Waals surface area contributed by atoms with Crippen LogP contribution in [0.3, 0.4) is 0 Å². The molecule has 0 spiro atoms. The molecule has 0 amide bonds. The van der Waals surface area contributed by atoms with Crippen LogP contribution >= 0.6 is 0 Å². The fourth-order valence-corrected chi connectivity index (χ4v) is 1.44. The van der Waals surface area contributed by atoms with Crippen molar-refractivity contribution in [3.8, 4) is 0 Å². The zero-order chi connectivity index (χ0) is 9.42. The third-order valence-electron chi connectivity index (χ3n) is 2.20. The van der Waals surface area contributed by atoms with Crippen LogP contribution < -0.4 is 5.56 Å². The largest absolute Gasteiger partial charge is 0.318 e. The van der Waals surface area contributed by atoms with Gasteiger partial charge in [-0.2, -0.15) is 0 Å². The molecule has 2 rings (SSSR count). The van der Waals surface area contributed by atoms with Crippen molar-refractivity contribution in [3.05, 3.63) is 46.4 Å². The van der Waals surface area contributed by atoms with Crippen LogP contribution in [0.15, 0.2) is 35.3 Å². The molecule has 1 heterocycles. The summed E-state index contributed by atoms with van der Waals surface area (Å²) < 4.78 is 1.59. The Hall–Kier alpha value is -1.57. The van der Waals surface area contributed by atoms with Crippen molar-refractivity contribution >= 4 is 10.8 Å². The fraction of sp³-hybridized carbons (Fsp3) is 0.182. The first kappa shape index (κ1) is 8.05. The van der Waals surface area contributed by atoms with Gasteiger partial charge in [-0.15, -0.1) is 0 Å². The Labute approximate surface area is 76.4 Å². The van der Waals surface area contributed by atoms with Crippen LogP contribution in [-0.2, 0) is 7.05 Å². The van der Waals surface area contributed by atoms with Gasteiger partial charge < -0.3 is 4.57 Å². The molecule has 0 aliphatic heterocycles. The quantitative estimate of drug-likeness (QED) is 0.596. The molecule has 0 aliphatic rings. The number of nitrogens with zero attached hydrogens (tertiary/aromatic N) is 1. The lowest BCUT2D eigenvalue weighted by Gasteiger charge is -2.01. The maximum atomic E-state index is 11.3. The molecule has 0 saturated carbocycles. The Morgan fingerprint density at radius 1 is 1.15 bits per heavy atom. The molecule has 2 aromatic rings. The highest BCUT2D eigenvalue weighted by Crippen LogP contribution is 2.12. The third-order valence-corrected chi connectivity index (χ3v) is 2.20. The number of hydrogen-bond acceptors (Lipinski definition) is 1. The van der Waals surface area contributed by atoms with E-state index >= 15 is 0 Å². The molecule has 0 saturated heterocycles. The summed E-state index contributed by atoms with van der Waals surface area (Å²) in [6.45, 7) is 2.02. The van der Waals surface area contributed by atoms with Gasteiger partial charge in [0.2, 0.25) is 0 Å². The highest BCUT2D eigenvalue weighted by molar-refractivity contribution is 5.82. The maximum absolute atomic E-state index is 11.3. The Morgan fingerprint density at radius 3 is 2.69 bits per heavy atom. The first-order valence-electron chi connectivity index (χ1n) is 4.24. The molecular weight excluding hydrogens is 162 g/mol. The molecule has 0 fully saturated rings. The van der Waals surface area contributed by atoms with Crippen LogP contribution in [0.2, 0.25) is 0 Å². The van der Waals surface area contributed by atoms with Crippen molar-refractivity contribution in [2.75, 3.05) is 0 Å². The maximum Gasteiger partial charge on any atom is 0.250 e. The molecule has 1 aromatic carbocycles. The van der Waals surface area contributed by atoms with E-state index in [9.17, 15) is 4.79 Å². The average molecular weight is 173 g/mol. The summed E-state index contributed by atoms with van der Waals surface area (Å²) in [5.74, 6) is 0. The minimum Gasteiger partial charge on any atom is -0.318 e. The average Bonchev–Trinajstić information content (AvgIpc) is 2.08. The summed E-state index contributed by atoms with van der Waals surface area (Å²) >= 11 is 0.